The number of imide groups is 1. The number of hydrogen-bond donors (Lipinski definition) is 2. The molecule has 0 saturated carbocycles. The van der Waals surface area contributed by atoms with E-state index in [1.807, 2.05) is 4.90 Å². The number of hydrogen-bond acceptors (Lipinski definition) is 8. The number of piperidine rings is 1. The van der Waals surface area contributed by atoms with E-state index in [-0.39, 0.29) is 16.5 Å². The van der Waals surface area contributed by atoms with Gasteiger partial charge in [0.2, 0.25) is 5.95 Å². The molecule has 4 rings (SSSR count). The number of rotatable bonds is 5. The number of amides is 3. The monoisotopic (exact) mass is 492 g/mol. The van der Waals surface area contributed by atoms with Crippen molar-refractivity contribution in [2.24, 2.45) is 5.92 Å². The first-order chi connectivity index (χ1) is 16.2. The number of anilines is 1. The largest absolute Gasteiger partial charge is 0.433 e. The smallest absolute Gasteiger partial charge is 0.350 e. The number of carbonyl (C=O) groups is 3. The summed E-state index contributed by atoms with van der Waals surface area (Å²) in [5.74, 6) is -0.483. The van der Waals surface area contributed by atoms with Crippen LogP contribution >= 0.6 is 11.8 Å². The van der Waals surface area contributed by atoms with Crippen molar-refractivity contribution in [3.63, 3.8) is 0 Å². The maximum Gasteiger partial charge on any atom is 0.433 e. The second-order valence-corrected chi connectivity index (χ2v) is 8.69. The highest BCUT2D eigenvalue weighted by Crippen LogP contribution is 2.28. The first-order valence-electron chi connectivity index (χ1n) is 10.3. The van der Waals surface area contributed by atoms with Gasteiger partial charge in [-0.15, -0.1) is 0 Å². The van der Waals surface area contributed by atoms with E-state index < -0.39 is 28.9 Å². The molecule has 2 saturated heterocycles. The van der Waals surface area contributed by atoms with Gasteiger partial charge < -0.3 is 10.2 Å². The van der Waals surface area contributed by atoms with Crippen molar-refractivity contribution >= 4 is 40.8 Å². The van der Waals surface area contributed by atoms with Crippen molar-refractivity contribution in [3.8, 4) is 0 Å². The molecule has 0 aliphatic carbocycles. The van der Waals surface area contributed by atoms with E-state index in [0.29, 0.717) is 31.3 Å². The molecule has 0 atom stereocenters. The molecule has 2 aliphatic heterocycles. The maximum atomic E-state index is 12.8. The van der Waals surface area contributed by atoms with Crippen LogP contribution in [0.3, 0.4) is 0 Å². The molecule has 34 heavy (non-hydrogen) atoms. The molecule has 9 nitrogen and oxygen atoms in total. The van der Waals surface area contributed by atoms with Crippen molar-refractivity contribution in [3.05, 3.63) is 52.4 Å². The van der Waals surface area contributed by atoms with E-state index in [1.54, 1.807) is 12.3 Å². The second-order valence-electron chi connectivity index (χ2n) is 7.68. The molecule has 0 aromatic carbocycles. The second kappa shape index (κ2) is 9.79. The van der Waals surface area contributed by atoms with Crippen LogP contribution in [0.25, 0.3) is 6.08 Å². The number of carbonyl (C=O) groups excluding carboxylic acids is 3. The van der Waals surface area contributed by atoms with Crippen LogP contribution in [0.1, 0.15) is 34.7 Å². The normalized spacial score (nSPS) is 18.3. The predicted octanol–water partition coefficient (Wildman–Crippen LogP) is 2.86. The summed E-state index contributed by atoms with van der Waals surface area (Å²) in [6.07, 6.45) is -0.0726. The molecule has 0 bridgehead atoms. The molecule has 4 heterocycles. The number of nitrogens with zero attached hydrogens (tertiary/aromatic N) is 4. The Morgan fingerprint density at radius 2 is 1.97 bits per heavy atom. The Morgan fingerprint density at radius 3 is 2.65 bits per heavy atom. The molecule has 0 unspecified atom stereocenters. The fraction of sp³-hybridized carbons (Fsp3) is 0.333. The highest BCUT2D eigenvalue weighted by Gasteiger charge is 2.33. The fourth-order valence-corrected chi connectivity index (χ4v) is 4.20. The molecule has 3 amide bonds. The Balaban J connectivity index is 1.30. The predicted molar refractivity (Wildman–Crippen MR) is 118 cm³/mol. The van der Waals surface area contributed by atoms with Gasteiger partial charge in [-0.2, -0.15) is 13.2 Å². The van der Waals surface area contributed by atoms with Crippen LogP contribution in [-0.2, 0) is 11.0 Å². The minimum Gasteiger partial charge on any atom is -0.350 e. The third kappa shape index (κ3) is 5.71. The highest BCUT2D eigenvalue weighted by molar-refractivity contribution is 8.18. The van der Waals surface area contributed by atoms with E-state index in [9.17, 15) is 27.6 Å². The van der Waals surface area contributed by atoms with Gasteiger partial charge in [-0.1, -0.05) is 6.07 Å². The molecule has 2 N–H and O–H groups in total. The summed E-state index contributed by atoms with van der Waals surface area (Å²) in [5.41, 5.74) is -0.882. The van der Waals surface area contributed by atoms with Gasteiger partial charge in [-0.05, 0) is 54.8 Å². The van der Waals surface area contributed by atoms with Crippen molar-refractivity contribution < 1.29 is 27.6 Å². The van der Waals surface area contributed by atoms with Crippen molar-refractivity contribution in [1.82, 2.24) is 25.6 Å². The van der Waals surface area contributed by atoms with Gasteiger partial charge in [-0.3, -0.25) is 19.7 Å². The standard InChI is InChI=1S/C21H19F3N6O3S/c22-21(23,24)16-3-1-2-14(28-16)17(31)26-11-12-5-8-30(9-6-12)19-25-7-4-13(27-19)10-15-18(32)29-20(33)34-15/h1-4,7,10,12H,5-6,8-9,11H2,(H,26,31)(H,29,32,33). The van der Waals surface area contributed by atoms with Crippen LogP contribution in [-0.4, -0.2) is 51.6 Å². The fourth-order valence-electron chi connectivity index (χ4n) is 3.53. The quantitative estimate of drug-likeness (QED) is 0.612. The Morgan fingerprint density at radius 1 is 1.21 bits per heavy atom. The van der Waals surface area contributed by atoms with Gasteiger partial charge in [0.05, 0.1) is 10.6 Å². The Hall–Kier alpha value is -3.48. The molecule has 13 heteroatoms. The van der Waals surface area contributed by atoms with Gasteiger partial charge in [0.1, 0.15) is 11.4 Å². The van der Waals surface area contributed by atoms with Crippen molar-refractivity contribution in [2.45, 2.75) is 19.0 Å². The summed E-state index contributed by atoms with van der Waals surface area (Å²) < 4.78 is 38.4. The molecule has 178 valence electrons. The van der Waals surface area contributed by atoms with E-state index in [0.717, 1.165) is 36.7 Å². The molecular weight excluding hydrogens is 473 g/mol. The zero-order valence-corrected chi connectivity index (χ0v) is 18.4. The van der Waals surface area contributed by atoms with Crippen LogP contribution < -0.4 is 15.5 Å². The summed E-state index contributed by atoms with van der Waals surface area (Å²) in [4.78, 5) is 49.6. The molecule has 2 aromatic rings. The van der Waals surface area contributed by atoms with Gasteiger partial charge >= 0.3 is 6.18 Å². The number of pyridine rings is 1. The zero-order valence-electron chi connectivity index (χ0n) is 17.6. The molecular formula is C21H19F3N6O3S. The van der Waals surface area contributed by atoms with Crippen molar-refractivity contribution in [1.29, 1.82) is 0 Å². The highest BCUT2D eigenvalue weighted by atomic mass is 32.2. The third-order valence-corrected chi connectivity index (χ3v) is 6.12. The van der Waals surface area contributed by atoms with E-state index in [4.69, 9.17) is 0 Å². The zero-order chi connectivity index (χ0) is 24.3. The number of thioether (sulfide) groups is 1. The number of alkyl halides is 3. The lowest BCUT2D eigenvalue weighted by molar-refractivity contribution is -0.141. The van der Waals surface area contributed by atoms with Crippen LogP contribution in [0.5, 0.6) is 0 Å². The summed E-state index contributed by atoms with van der Waals surface area (Å²) in [6, 6.07) is 4.86. The first kappa shape index (κ1) is 23.7. The molecule has 2 fully saturated rings. The van der Waals surface area contributed by atoms with E-state index in [2.05, 4.69) is 25.6 Å². The van der Waals surface area contributed by atoms with Gasteiger partial charge in [0, 0.05) is 25.8 Å². The first-order valence-corrected chi connectivity index (χ1v) is 11.2. The third-order valence-electron chi connectivity index (χ3n) is 5.31. The minimum atomic E-state index is -4.61. The Labute approximate surface area is 196 Å². The van der Waals surface area contributed by atoms with E-state index in [1.165, 1.54) is 12.1 Å². The minimum absolute atomic E-state index is 0.140. The lowest BCUT2D eigenvalue weighted by atomic mass is 9.97. The van der Waals surface area contributed by atoms with Gasteiger partial charge in [0.25, 0.3) is 17.1 Å². The number of nitrogens with one attached hydrogen (secondary N) is 2. The Kier molecular flexibility index (Phi) is 6.82. The average molecular weight is 492 g/mol. The number of halogens is 3. The summed E-state index contributed by atoms with van der Waals surface area (Å²) in [6.45, 7) is 1.56. The lowest BCUT2D eigenvalue weighted by Crippen LogP contribution is -2.39. The lowest BCUT2D eigenvalue weighted by Gasteiger charge is -2.32. The van der Waals surface area contributed by atoms with E-state index >= 15 is 0 Å². The summed E-state index contributed by atoms with van der Waals surface area (Å²) >= 11 is 0.811. The topological polar surface area (TPSA) is 117 Å². The average Bonchev–Trinajstić information content (AvgIpc) is 3.13. The van der Waals surface area contributed by atoms with Crippen molar-refractivity contribution in [2.75, 3.05) is 24.5 Å². The molecule has 2 aromatic heterocycles. The molecule has 0 radical (unpaired) electrons. The molecule has 2 aliphatic rings. The summed E-state index contributed by atoms with van der Waals surface area (Å²) in [7, 11) is 0. The van der Waals surface area contributed by atoms with Gasteiger partial charge in [0.15, 0.2) is 0 Å². The molecule has 0 spiro atoms. The van der Waals surface area contributed by atoms with Crippen LogP contribution in [0.2, 0.25) is 0 Å². The summed E-state index contributed by atoms with van der Waals surface area (Å²) in [5, 5.41) is 4.43. The van der Waals surface area contributed by atoms with Crippen LogP contribution in [0, 0.1) is 5.92 Å². The SMILES string of the molecule is O=C1NC(=O)C(=Cc2ccnc(N3CCC(CNC(=O)c4cccc(C(F)(F)F)n4)CC3)n2)S1. The Bertz CT molecular complexity index is 1150. The number of aromatic nitrogens is 3. The van der Waals surface area contributed by atoms with Crippen LogP contribution in [0.15, 0.2) is 35.4 Å². The van der Waals surface area contributed by atoms with Crippen LogP contribution in [0.4, 0.5) is 23.9 Å². The van der Waals surface area contributed by atoms with Gasteiger partial charge in [-0.25, -0.2) is 15.0 Å². The maximum absolute atomic E-state index is 12.8.